The van der Waals surface area contributed by atoms with Crippen LogP contribution < -0.4 is 0 Å². The molecule has 0 spiro atoms. The number of hydroxylamine groups is 2. The number of ether oxygens (including phenoxy) is 1. The lowest BCUT2D eigenvalue weighted by Crippen LogP contribution is -2.50. The van der Waals surface area contributed by atoms with Gasteiger partial charge < -0.3 is 14.5 Å². The zero-order valence-corrected chi connectivity index (χ0v) is 12.4. The maximum absolute atomic E-state index is 12.1. The van der Waals surface area contributed by atoms with Crippen LogP contribution in [-0.4, -0.2) is 59.5 Å². The summed E-state index contributed by atoms with van der Waals surface area (Å²) in [6.07, 6.45) is -1.03. The van der Waals surface area contributed by atoms with E-state index in [2.05, 4.69) is 0 Å². The van der Waals surface area contributed by atoms with Crippen LogP contribution in [0.5, 0.6) is 0 Å². The topological polar surface area (TPSA) is 93.2 Å². The Morgan fingerprint density at radius 3 is 2.35 bits per heavy atom. The smallest absolute Gasteiger partial charge is 0.363 e. The number of carbonyl (C=O) groups excluding carboxylic acids is 4. The molecule has 1 fully saturated rings. The quantitative estimate of drug-likeness (QED) is 0.712. The Kier molecular flexibility index (Phi) is 3.83. The molecule has 0 N–H and O–H groups in total. The number of morpholine rings is 1. The summed E-state index contributed by atoms with van der Waals surface area (Å²) in [5.74, 6) is -2.46. The summed E-state index contributed by atoms with van der Waals surface area (Å²) in [7, 11) is 0. The van der Waals surface area contributed by atoms with Crippen molar-refractivity contribution in [1.29, 1.82) is 0 Å². The van der Waals surface area contributed by atoms with Gasteiger partial charge in [-0.1, -0.05) is 17.2 Å². The fourth-order valence-electron chi connectivity index (χ4n) is 2.48. The predicted octanol–water partition coefficient (Wildman–Crippen LogP) is -0.0119. The van der Waals surface area contributed by atoms with Gasteiger partial charge in [0, 0.05) is 13.5 Å². The fourth-order valence-corrected chi connectivity index (χ4v) is 2.48. The molecule has 3 rings (SSSR count). The van der Waals surface area contributed by atoms with Crippen LogP contribution in [0.2, 0.25) is 0 Å². The van der Waals surface area contributed by atoms with Gasteiger partial charge in [0.05, 0.1) is 24.3 Å². The van der Waals surface area contributed by atoms with Gasteiger partial charge in [-0.05, 0) is 12.1 Å². The van der Waals surface area contributed by atoms with Gasteiger partial charge in [0.1, 0.15) is 0 Å². The highest BCUT2D eigenvalue weighted by atomic mass is 16.7. The maximum atomic E-state index is 12.1. The third-order valence-electron chi connectivity index (χ3n) is 3.71. The Morgan fingerprint density at radius 2 is 1.78 bits per heavy atom. The second kappa shape index (κ2) is 5.81. The average molecular weight is 318 g/mol. The van der Waals surface area contributed by atoms with Crippen LogP contribution in [0.3, 0.4) is 0 Å². The monoisotopic (exact) mass is 318 g/mol. The van der Waals surface area contributed by atoms with Crippen molar-refractivity contribution in [2.75, 3.05) is 19.7 Å². The lowest BCUT2D eigenvalue weighted by atomic mass is 10.1. The number of hydrogen-bond donors (Lipinski definition) is 0. The fraction of sp³-hybridized carbons (Fsp3) is 0.333. The van der Waals surface area contributed by atoms with Crippen molar-refractivity contribution < 1.29 is 28.8 Å². The zero-order valence-electron chi connectivity index (χ0n) is 12.4. The second-order valence-corrected chi connectivity index (χ2v) is 5.19. The minimum atomic E-state index is -1.03. The van der Waals surface area contributed by atoms with Crippen LogP contribution in [-0.2, 0) is 19.2 Å². The Balaban J connectivity index is 1.71. The molecule has 0 aliphatic carbocycles. The van der Waals surface area contributed by atoms with Crippen molar-refractivity contribution in [3.63, 3.8) is 0 Å². The number of rotatable bonds is 2. The van der Waals surface area contributed by atoms with Gasteiger partial charge in [-0.15, -0.1) is 0 Å². The molecule has 2 aliphatic rings. The van der Waals surface area contributed by atoms with Crippen LogP contribution in [0.15, 0.2) is 24.3 Å². The van der Waals surface area contributed by atoms with Crippen molar-refractivity contribution in [3.8, 4) is 0 Å². The molecule has 1 aromatic carbocycles. The van der Waals surface area contributed by atoms with Crippen LogP contribution in [0.1, 0.15) is 27.6 Å². The molecule has 1 unspecified atom stereocenters. The van der Waals surface area contributed by atoms with Gasteiger partial charge in [-0.2, -0.15) is 0 Å². The third kappa shape index (κ3) is 2.68. The standard InChI is InChI=1S/C15H14N2O6/c1-9(18)16-6-7-22-12(8-16)15(21)23-17-13(19)10-4-2-3-5-11(10)14(17)20/h2-5,12H,6-8H2,1H3. The minimum absolute atomic E-state index is 0.0251. The van der Waals surface area contributed by atoms with Gasteiger partial charge in [0.2, 0.25) is 5.91 Å². The summed E-state index contributed by atoms with van der Waals surface area (Å²) in [4.78, 5) is 54.1. The molecule has 0 bridgehead atoms. The molecule has 3 amide bonds. The molecule has 8 heteroatoms. The summed E-state index contributed by atoms with van der Waals surface area (Å²) in [6, 6.07) is 6.20. The van der Waals surface area contributed by atoms with Crippen LogP contribution in [0.25, 0.3) is 0 Å². The van der Waals surface area contributed by atoms with E-state index in [9.17, 15) is 19.2 Å². The number of fused-ring (bicyclic) bond motifs is 1. The normalized spacial score (nSPS) is 20.5. The first-order valence-corrected chi connectivity index (χ1v) is 7.06. The molecule has 2 heterocycles. The molecule has 0 radical (unpaired) electrons. The first-order chi connectivity index (χ1) is 11.0. The average Bonchev–Trinajstić information content (AvgIpc) is 2.80. The van der Waals surface area contributed by atoms with Crippen LogP contribution in [0.4, 0.5) is 0 Å². The van der Waals surface area contributed by atoms with Crippen LogP contribution >= 0.6 is 0 Å². The number of hydrogen-bond acceptors (Lipinski definition) is 6. The van der Waals surface area contributed by atoms with E-state index in [0.29, 0.717) is 11.6 Å². The SMILES string of the molecule is CC(=O)N1CCOC(C(=O)ON2C(=O)c3ccccc3C2=O)C1. The first kappa shape index (κ1) is 15.2. The molecule has 8 nitrogen and oxygen atoms in total. The largest absolute Gasteiger partial charge is 0.363 e. The lowest BCUT2D eigenvalue weighted by Gasteiger charge is -2.31. The molecular formula is C15H14N2O6. The molecule has 0 saturated carbocycles. The number of nitrogens with zero attached hydrogens (tertiary/aromatic N) is 2. The van der Waals surface area contributed by atoms with Gasteiger partial charge in [-0.3, -0.25) is 14.4 Å². The molecule has 1 saturated heterocycles. The van der Waals surface area contributed by atoms with Crippen molar-refractivity contribution in [3.05, 3.63) is 35.4 Å². The molecule has 120 valence electrons. The molecular weight excluding hydrogens is 304 g/mol. The second-order valence-electron chi connectivity index (χ2n) is 5.19. The third-order valence-corrected chi connectivity index (χ3v) is 3.71. The Hall–Kier alpha value is -2.74. The summed E-state index contributed by atoms with van der Waals surface area (Å²) in [5, 5.41) is 0.434. The van der Waals surface area contributed by atoms with Gasteiger partial charge in [0.15, 0.2) is 6.10 Å². The molecule has 1 atom stereocenters. The van der Waals surface area contributed by atoms with E-state index in [1.165, 1.54) is 24.0 Å². The maximum Gasteiger partial charge on any atom is 0.363 e. The van der Waals surface area contributed by atoms with Crippen molar-refractivity contribution in [1.82, 2.24) is 9.96 Å². The molecule has 0 aromatic heterocycles. The predicted molar refractivity (Wildman–Crippen MR) is 75.0 cm³/mol. The summed E-state index contributed by atoms with van der Waals surface area (Å²) in [6.45, 7) is 1.98. The van der Waals surface area contributed by atoms with E-state index in [0.717, 1.165) is 0 Å². The van der Waals surface area contributed by atoms with E-state index in [1.807, 2.05) is 0 Å². The highest BCUT2D eigenvalue weighted by molar-refractivity contribution is 6.20. The number of carbonyl (C=O) groups is 4. The van der Waals surface area contributed by atoms with Gasteiger partial charge in [0.25, 0.3) is 11.8 Å². The summed E-state index contributed by atoms with van der Waals surface area (Å²) in [5.41, 5.74) is 0.362. The van der Waals surface area contributed by atoms with Crippen LogP contribution in [0, 0.1) is 0 Å². The number of amides is 3. The van der Waals surface area contributed by atoms with Crippen molar-refractivity contribution in [2.24, 2.45) is 0 Å². The summed E-state index contributed by atoms with van der Waals surface area (Å²) < 4.78 is 5.26. The Labute approximate surface area is 131 Å². The van der Waals surface area contributed by atoms with E-state index in [-0.39, 0.29) is 30.2 Å². The molecule has 23 heavy (non-hydrogen) atoms. The Bertz CT molecular complexity index is 666. The van der Waals surface area contributed by atoms with E-state index < -0.39 is 23.9 Å². The highest BCUT2D eigenvalue weighted by Crippen LogP contribution is 2.23. The van der Waals surface area contributed by atoms with Crippen molar-refractivity contribution >= 4 is 23.7 Å². The first-order valence-electron chi connectivity index (χ1n) is 7.06. The zero-order chi connectivity index (χ0) is 16.6. The highest BCUT2D eigenvalue weighted by Gasteiger charge is 2.40. The Morgan fingerprint density at radius 1 is 1.17 bits per heavy atom. The number of imide groups is 1. The van der Waals surface area contributed by atoms with E-state index >= 15 is 0 Å². The number of benzene rings is 1. The van der Waals surface area contributed by atoms with Gasteiger partial charge in [-0.25, -0.2) is 4.79 Å². The van der Waals surface area contributed by atoms with Crippen molar-refractivity contribution in [2.45, 2.75) is 13.0 Å². The van der Waals surface area contributed by atoms with E-state index in [4.69, 9.17) is 9.57 Å². The minimum Gasteiger partial charge on any atom is -0.363 e. The molecule has 2 aliphatic heterocycles. The summed E-state index contributed by atoms with van der Waals surface area (Å²) >= 11 is 0. The molecule has 1 aromatic rings. The van der Waals surface area contributed by atoms with Gasteiger partial charge >= 0.3 is 5.97 Å². The van der Waals surface area contributed by atoms with E-state index in [1.54, 1.807) is 12.1 Å². The lowest BCUT2D eigenvalue weighted by molar-refractivity contribution is -0.187.